The largest absolute Gasteiger partial charge is 0.494 e. The molecule has 0 fully saturated rings. The molecule has 0 radical (unpaired) electrons. The van der Waals surface area contributed by atoms with Gasteiger partial charge in [0.25, 0.3) is 0 Å². The quantitative estimate of drug-likeness (QED) is 0.736. The normalized spacial score (nSPS) is 9.85. The Morgan fingerprint density at radius 2 is 2.23 bits per heavy atom. The van der Waals surface area contributed by atoms with Gasteiger partial charge in [-0.1, -0.05) is 11.6 Å². The Morgan fingerprint density at radius 3 is 2.77 bits per heavy atom. The fourth-order valence-corrected chi connectivity index (χ4v) is 1.49. The van der Waals surface area contributed by atoms with E-state index in [0.29, 0.717) is 16.5 Å². The molecule has 3 nitrogen and oxygen atoms in total. The summed E-state index contributed by atoms with van der Waals surface area (Å²) >= 11 is 5.84. The molecule has 0 amide bonds. The molecule has 72 valence electrons. The fraction of sp³-hybridized carbons (Fsp3) is 0.333. The zero-order valence-corrected chi connectivity index (χ0v) is 8.35. The van der Waals surface area contributed by atoms with E-state index in [0.717, 1.165) is 5.56 Å². The highest BCUT2D eigenvalue weighted by Crippen LogP contribution is 2.31. The van der Waals surface area contributed by atoms with Gasteiger partial charge >= 0.3 is 0 Å². The van der Waals surface area contributed by atoms with Crippen LogP contribution in [-0.4, -0.2) is 18.9 Å². The second-order valence-electron chi connectivity index (χ2n) is 2.64. The van der Waals surface area contributed by atoms with Crippen molar-refractivity contribution in [3.8, 4) is 5.75 Å². The Bertz CT molecular complexity index is 302. The molecular formula is C9H12ClNO2. The number of nitrogens with one attached hydrogen (secondary N) is 1. The van der Waals surface area contributed by atoms with Crippen LogP contribution in [0.1, 0.15) is 5.56 Å². The number of ether oxygens (including phenoxy) is 1. The average Bonchev–Trinajstić information content (AvgIpc) is 2.04. The number of rotatable bonds is 3. The third-order valence-corrected chi connectivity index (χ3v) is 1.93. The van der Waals surface area contributed by atoms with Crippen LogP contribution in [0.3, 0.4) is 0 Å². The van der Waals surface area contributed by atoms with Crippen LogP contribution < -0.4 is 10.1 Å². The van der Waals surface area contributed by atoms with Gasteiger partial charge in [-0.2, -0.15) is 0 Å². The molecule has 0 spiro atoms. The smallest absolute Gasteiger partial charge is 0.145 e. The third kappa shape index (κ3) is 2.26. The molecule has 0 aromatic heterocycles. The van der Waals surface area contributed by atoms with E-state index in [1.165, 1.54) is 0 Å². The van der Waals surface area contributed by atoms with Gasteiger partial charge in [0, 0.05) is 5.02 Å². The first-order valence-electron chi connectivity index (χ1n) is 3.88. The van der Waals surface area contributed by atoms with E-state index in [1.54, 1.807) is 13.2 Å². The molecule has 0 heterocycles. The van der Waals surface area contributed by atoms with Gasteiger partial charge in [0.1, 0.15) is 12.5 Å². The van der Waals surface area contributed by atoms with E-state index in [2.05, 4.69) is 5.32 Å². The lowest BCUT2D eigenvalue weighted by atomic mass is 10.2. The average molecular weight is 202 g/mol. The van der Waals surface area contributed by atoms with Crippen molar-refractivity contribution in [2.24, 2.45) is 0 Å². The van der Waals surface area contributed by atoms with Crippen LogP contribution in [0, 0.1) is 6.92 Å². The Kier molecular flexibility index (Phi) is 3.39. The van der Waals surface area contributed by atoms with Crippen molar-refractivity contribution in [1.29, 1.82) is 0 Å². The maximum Gasteiger partial charge on any atom is 0.145 e. The van der Waals surface area contributed by atoms with Gasteiger partial charge < -0.3 is 15.2 Å². The van der Waals surface area contributed by atoms with E-state index in [4.69, 9.17) is 21.4 Å². The van der Waals surface area contributed by atoms with Gasteiger partial charge in [-0.3, -0.25) is 0 Å². The summed E-state index contributed by atoms with van der Waals surface area (Å²) < 4.78 is 5.15. The number of aliphatic hydroxyl groups is 1. The molecular weight excluding hydrogens is 190 g/mol. The summed E-state index contributed by atoms with van der Waals surface area (Å²) in [5.74, 6) is 0.707. The molecule has 13 heavy (non-hydrogen) atoms. The molecule has 0 aliphatic heterocycles. The number of benzene rings is 1. The Balaban J connectivity index is 3.13. The second-order valence-corrected chi connectivity index (χ2v) is 3.07. The summed E-state index contributed by atoms with van der Waals surface area (Å²) in [6.45, 7) is 1.75. The molecule has 0 unspecified atom stereocenters. The molecule has 0 saturated carbocycles. The van der Waals surface area contributed by atoms with Crippen molar-refractivity contribution in [2.75, 3.05) is 19.2 Å². The zero-order valence-electron chi connectivity index (χ0n) is 7.60. The van der Waals surface area contributed by atoms with E-state index < -0.39 is 0 Å². The predicted molar refractivity (Wildman–Crippen MR) is 53.4 cm³/mol. The zero-order chi connectivity index (χ0) is 9.84. The molecule has 0 bridgehead atoms. The number of halogens is 1. The highest BCUT2D eigenvalue weighted by Gasteiger charge is 2.06. The fourth-order valence-electron chi connectivity index (χ4n) is 1.22. The molecule has 0 atom stereocenters. The van der Waals surface area contributed by atoms with Crippen LogP contribution in [-0.2, 0) is 0 Å². The SMILES string of the molecule is COc1c(C)cc(Cl)cc1NCO. The van der Waals surface area contributed by atoms with Crippen LogP contribution in [0.2, 0.25) is 5.02 Å². The Morgan fingerprint density at radius 1 is 1.54 bits per heavy atom. The van der Waals surface area contributed by atoms with Gasteiger partial charge in [0.15, 0.2) is 0 Å². The van der Waals surface area contributed by atoms with E-state index >= 15 is 0 Å². The lowest BCUT2D eigenvalue weighted by Crippen LogP contribution is -2.02. The number of methoxy groups -OCH3 is 1. The summed E-state index contributed by atoms with van der Waals surface area (Å²) in [6.07, 6.45) is 0. The van der Waals surface area contributed by atoms with E-state index in [-0.39, 0.29) is 6.73 Å². The van der Waals surface area contributed by atoms with Crippen molar-refractivity contribution in [3.63, 3.8) is 0 Å². The standard InChI is InChI=1S/C9H12ClNO2/c1-6-3-7(10)4-8(11-5-12)9(6)13-2/h3-4,11-12H,5H2,1-2H3. The number of aryl methyl sites for hydroxylation is 1. The van der Waals surface area contributed by atoms with Gasteiger partial charge in [0.05, 0.1) is 12.8 Å². The van der Waals surface area contributed by atoms with Crippen molar-refractivity contribution in [1.82, 2.24) is 0 Å². The summed E-state index contributed by atoms with van der Waals surface area (Å²) in [6, 6.07) is 3.52. The maximum atomic E-state index is 8.71. The molecule has 1 aromatic carbocycles. The molecule has 1 aromatic rings. The van der Waals surface area contributed by atoms with Crippen LogP contribution in [0.25, 0.3) is 0 Å². The van der Waals surface area contributed by atoms with Crippen molar-refractivity contribution in [3.05, 3.63) is 22.7 Å². The lowest BCUT2D eigenvalue weighted by Gasteiger charge is -2.12. The van der Waals surface area contributed by atoms with Crippen LogP contribution >= 0.6 is 11.6 Å². The number of aliphatic hydroxyl groups excluding tert-OH is 1. The van der Waals surface area contributed by atoms with Crippen molar-refractivity contribution in [2.45, 2.75) is 6.92 Å². The highest BCUT2D eigenvalue weighted by molar-refractivity contribution is 6.31. The summed E-state index contributed by atoms with van der Waals surface area (Å²) in [4.78, 5) is 0. The van der Waals surface area contributed by atoms with Gasteiger partial charge in [-0.25, -0.2) is 0 Å². The summed E-state index contributed by atoms with van der Waals surface area (Å²) in [5.41, 5.74) is 1.64. The first-order chi connectivity index (χ1) is 6.19. The minimum absolute atomic E-state index is 0.143. The van der Waals surface area contributed by atoms with E-state index in [9.17, 15) is 0 Å². The lowest BCUT2D eigenvalue weighted by molar-refractivity contribution is 0.324. The molecule has 0 aliphatic carbocycles. The van der Waals surface area contributed by atoms with Gasteiger partial charge in [0.2, 0.25) is 0 Å². The van der Waals surface area contributed by atoms with E-state index in [1.807, 2.05) is 13.0 Å². The minimum Gasteiger partial charge on any atom is -0.494 e. The summed E-state index contributed by atoms with van der Waals surface area (Å²) in [5, 5.41) is 12.1. The molecule has 4 heteroatoms. The molecule has 1 rings (SSSR count). The Hall–Kier alpha value is -0.930. The van der Waals surface area contributed by atoms with Gasteiger partial charge in [-0.15, -0.1) is 0 Å². The first kappa shape index (κ1) is 10.2. The minimum atomic E-state index is -0.143. The topological polar surface area (TPSA) is 41.5 Å². The van der Waals surface area contributed by atoms with Crippen LogP contribution in [0.15, 0.2) is 12.1 Å². The van der Waals surface area contributed by atoms with Crippen LogP contribution in [0.5, 0.6) is 5.75 Å². The highest BCUT2D eigenvalue weighted by atomic mass is 35.5. The number of hydrogen-bond acceptors (Lipinski definition) is 3. The van der Waals surface area contributed by atoms with Gasteiger partial charge in [-0.05, 0) is 24.6 Å². The van der Waals surface area contributed by atoms with Crippen molar-refractivity contribution < 1.29 is 9.84 Å². The van der Waals surface area contributed by atoms with Crippen molar-refractivity contribution >= 4 is 17.3 Å². The molecule has 0 saturated heterocycles. The summed E-state index contributed by atoms with van der Waals surface area (Å²) in [7, 11) is 1.58. The second kappa shape index (κ2) is 4.35. The Labute approximate surface area is 82.3 Å². The predicted octanol–water partition coefficient (Wildman–Crippen LogP) is 2.02. The first-order valence-corrected chi connectivity index (χ1v) is 4.25. The number of hydrogen-bond donors (Lipinski definition) is 2. The monoisotopic (exact) mass is 201 g/mol. The molecule has 0 aliphatic rings. The van der Waals surface area contributed by atoms with Crippen LogP contribution in [0.4, 0.5) is 5.69 Å². The number of anilines is 1. The molecule has 2 N–H and O–H groups in total. The third-order valence-electron chi connectivity index (χ3n) is 1.71. The maximum absolute atomic E-state index is 8.71.